The number of ether oxygens (including phenoxy) is 2. The van der Waals surface area contributed by atoms with Crippen molar-refractivity contribution in [3.63, 3.8) is 0 Å². The van der Waals surface area contributed by atoms with Crippen LogP contribution < -0.4 is 15.0 Å². The fourth-order valence-corrected chi connectivity index (χ4v) is 5.67. The van der Waals surface area contributed by atoms with Crippen molar-refractivity contribution in [1.82, 2.24) is 15.3 Å². The maximum atomic E-state index is 12.2. The summed E-state index contributed by atoms with van der Waals surface area (Å²) < 4.78 is 35.7. The number of likely N-dealkylation sites (N-methyl/N-ethyl adjacent to an activating group) is 1. The number of anilines is 1. The zero-order valence-corrected chi connectivity index (χ0v) is 21.6. The Bertz CT molecular complexity index is 1120. The molecule has 192 valence electrons. The second-order valence-electron chi connectivity index (χ2n) is 9.61. The molecule has 2 fully saturated rings. The minimum atomic E-state index is -3.11. The zero-order valence-electron chi connectivity index (χ0n) is 20.7. The van der Waals surface area contributed by atoms with Crippen LogP contribution in [0, 0.1) is 12.8 Å². The summed E-state index contributed by atoms with van der Waals surface area (Å²) in [6, 6.07) is 7.56. The average Bonchev–Trinajstić information content (AvgIpc) is 3.52. The van der Waals surface area contributed by atoms with Crippen molar-refractivity contribution >= 4 is 15.7 Å². The summed E-state index contributed by atoms with van der Waals surface area (Å²) in [7, 11) is -1.33. The summed E-state index contributed by atoms with van der Waals surface area (Å²) >= 11 is 0. The molecule has 0 saturated carbocycles. The van der Waals surface area contributed by atoms with Crippen LogP contribution in [0.5, 0.6) is 5.75 Å². The molecule has 1 aromatic heterocycles. The van der Waals surface area contributed by atoms with E-state index in [0.717, 1.165) is 48.7 Å². The van der Waals surface area contributed by atoms with Crippen LogP contribution >= 0.6 is 0 Å². The van der Waals surface area contributed by atoms with E-state index in [2.05, 4.69) is 10.2 Å². The van der Waals surface area contributed by atoms with Crippen LogP contribution in [0.2, 0.25) is 0 Å². The van der Waals surface area contributed by atoms with Crippen LogP contribution in [0.1, 0.15) is 24.1 Å². The summed E-state index contributed by atoms with van der Waals surface area (Å²) in [5, 5.41) is 12.5. The molecule has 0 spiro atoms. The molecule has 0 radical (unpaired) electrons. The van der Waals surface area contributed by atoms with E-state index < -0.39 is 15.9 Å². The fourth-order valence-electron chi connectivity index (χ4n) is 4.69. The molecular weight excluding hydrogens is 468 g/mol. The lowest BCUT2D eigenvalue weighted by atomic mass is 9.99. The minimum absolute atomic E-state index is 0.178. The number of rotatable bonds is 10. The van der Waals surface area contributed by atoms with Gasteiger partial charge in [0.1, 0.15) is 24.3 Å². The number of hydrogen-bond acceptors (Lipinski definition) is 9. The van der Waals surface area contributed by atoms with Crippen molar-refractivity contribution < 1.29 is 23.0 Å². The molecular formula is C25H36N4O5S. The molecule has 0 amide bonds. The van der Waals surface area contributed by atoms with Crippen LogP contribution in [-0.4, -0.2) is 87.6 Å². The van der Waals surface area contributed by atoms with Crippen molar-refractivity contribution in [2.24, 2.45) is 5.92 Å². The number of sulfone groups is 1. The SMILES string of the molecule is CNCC(O)COc1cccc(-c2nc(CC3CCOC3)c(C)c(N3CC[C@H](S(C)(=O)=O)C3)n2)c1. The highest BCUT2D eigenvalue weighted by Crippen LogP contribution is 2.31. The number of benzene rings is 1. The van der Waals surface area contributed by atoms with E-state index in [0.29, 0.717) is 43.5 Å². The molecule has 10 heteroatoms. The number of hydrogen-bond donors (Lipinski definition) is 2. The topological polar surface area (TPSA) is 114 Å². The third-order valence-corrected chi connectivity index (χ3v) is 8.35. The van der Waals surface area contributed by atoms with Gasteiger partial charge in [-0.2, -0.15) is 0 Å². The minimum Gasteiger partial charge on any atom is -0.491 e. The first-order valence-electron chi connectivity index (χ1n) is 12.2. The van der Waals surface area contributed by atoms with Crippen LogP contribution in [0.4, 0.5) is 5.82 Å². The summed E-state index contributed by atoms with van der Waals surface area (Å²) in [5.41, 5.74) is 2.78. The van der Waals surface area contributed by atoms with Crippen molar-refractivity contribution in [2.75, 3.05) is 57.7 Å². The number of aliphatic hydroxyl groups excluding tert-OH is 1. The molecule has 3 heterocycles. The van der Waals surface area contributed by atoms with Gasteiger partial charge in [-0.3, -0.25) is 0 Å². The number of aliphatic hydroxyl groups is 1. The lowest BCUT2D eigenvalue weighted by molar-refractivity contribution is 0.108. The number of nitrogens with one attached hydrogen (secondary N) is 1. The molecule has 0 bridgehead atoms. The molecule has 2 saturated heterocycles. The van der Waals surface area contributed by atoms with Crippen LogP contribution in [0.3, 0.4) is 0 Å². The highest BCUT2D eigenvalue weighted by molar-refractivity contribution is 7.91. The van der Waals surface area contributed by atoms with E-state index in [1.165, 1.54) is 6.26 Å². The smallest absolute Gasteiger partial charge is 0.161 e. The number of aromatic nitrogens is 2. The first-order chi connectivity index (χ1) is 16.7. The monoisotopic (exact) mass is 504 g/mol. The Kier molecular flexibility index (Phi) is 8.26. The van der Waals surface area contributed by atoms with Crippen LogP contribution in [0.15, 0.2) is 24.3 Å². The molecule has 4 rings (SSSR count). The Hall–Kier alpha value is -2.27. The Morgan fingerprint density at radius 2 is 2.14 bits per heavy atom. The first kappa shape index (κ1) is 25.8. The van der Waals surface area contributed by atoms with E-state index in [-0.39, 0.29) is 11.9 Å². The molecule has 1 aromatic carbocycles. The van der Waals surface area contributed by atoms with Gasteiger partial charge in [0.25, 0.3) is 0 Å². The molecule has 3 atom stereocenters. The lowest BCUT2D eigenvalue weighted by Gasteiger charge is -2.23. The van der Waals surface area contributed by atoms with Gasteiger partial charge in [0, 0.05) is 55.9 Å². The Morgan fingerprint density at radius 3 is 2.83 bits per heavy atom. The second kappa shape index (κ2) is 11.2. The standard InChI is InChI=1S/C25H36N4O5S/c1-17-23(11-18-8-10-33-15-18)27-24(28-25(17)29-9-7-22(14-29)35(3,31)32)19-5-4-6-21(12-19)34-16-20(30)13-26-2/h4-6,12,18,20,22,26,30H,7-11,13-16H2,1-3H3/t18?,20?,22-/m0/s1. The number of nitrogens with zero attached hydrogens (tertiary/aromatic N) is 3. The van der Waals surface area contributed by atoms with Gasteiger partial charge in [-0.1, -0.05) is 12.1 Å². The van der Waals surface area contributed by atoms with Gasteiger partial charge in [0.15, 0.2) is 15.7 Å². The zero-order chi connectivity index (χ0) is 25.0. The van der Waals surface area contributed by atoms with Crippen LogP contribution in [-0.2, 0) is 21.0 Å². The molecule has 9 nitrogen and oxygen atoms in total. The Morgan fingerprint density at radius 1 is 1.31 bits per heavy atom. The summed E-state index contributed by atoms with van der Waals surface area (Å²) in [6.45, 7) is 5.24. The first-order valence-corrected chi connectivity index (χ1v) is 14.1. The summed E-state index contributed by atoms with van der Waals surface area (Å²) in [6.07, 6.45) is 3.10. The van der Waals surface area contributed by atoms with Gasteiger partial charge in [0.2, 0.25) is 0 Å². The highest BCUT2D eigenvalue weighted by atomic mass is 32.2. The normalized spacial score (nSPS) is 21.4. The van der Waals surface area contributed by atoms with Gasteiger partial charge >= 0.3 is 0 Å². The maximum Gasteiger partial charge on any atom is 0.161 e. The molecule has 0 aliphatic carbocycles. The predicted molar refractivity (Wildman–Crippen MR) is 136 cm³/mol. The Labute approximate surface area is 207 Å². The molecule has 2 aliphatic rings. The van der Waals surface area contributed by atoms with Gasteiger partial charge < -0.3 is 24.8 Å². The van der Waals surface area contributed by atoms with E-state index in [9.17, 15) is 13.5 Å². The third kappa shape index (κ3) is 6.49. The van der Waals surface area contributed by atoms with E-state index in [1.807, 2.05) is 31.2 Å². The molecule has 2 unspecified atom stereocenters. The molecule has 35 heavy (non-hydrogen) atoms. The van der Waals surface area contributed by atoms with Crippen molar-refractivity contribution in [2.45, 2.75) is 37.5 Å². The van der Waals surface area contributed by atoms with Gasteiger partial charge in [-0.25, -0.2) is 18.4 Å². The van der Waals surface area contributed by atoms with Crippen molar-refractivity contribution in [1.29, 1.82) is 0 Å². The lowest BCUT2D eigenvalue weighted by Crippen LogP contribution is -2.29. The van der Waals surface area contributed by atoms with Gasteiger partial charge in [-0.05, 0) is 51.3 Å². The highest BCUT2D eigenvalue weighted by Gasteiger charge is 2.32. The van der Waals surface area contributed by atoms with Crippen molar-refractivity contribution in [3.8, 4) is 17.1 Å². The molecule has 2 aromatic rings. The average molecular weight is 505 g/mol. The second-order valence-corrected chi connectivity index (χ2v) is 11.9. The summed E-state index contributed by atoms with van der Waals surface area (Å²) in [5.74, 6) is 2.43. The fraction of sp³-hybridized carbons (Fsp3) is 0.600. The van der Waals surface area contributed by atoms with Crippen LogP contribution in [0.25, 0.3) is 11.4 Å². The quantitative estimate of drug-likeness (QED) is 0.498. The molecule has 2 aliphatic heterocycles. The van der Waals surface area contributed by atoms with E-state index in [4.69, 9.17) is 19.4 Å². The maximum absolute atomic E-state index is 12.2. The van der Waals surface area contributed by atoms with E-state index >= 15 is 0 Å². The predicted octanol–water partition coefficient (Wildman–Crippen LogP) is 1.61. The third-order valence-electron chi connectivity index (χ3n) is 6.75. The largest absolute Gasteiger partial charge is 0.491 e. The van der Waals surface area contributed by atoms with Crippen molar-refractivity contribution in [3.05, 3.63) is 35.5 Å². The van der Waals surface area contributed by atoms with Gasteiger partial charge in [0.05, 0.1) is 5.25 Å². The molecule has 2 N–H and O–H groups in total. The Balaban J connectivity index is 1.65. The summed E-state index contributed by atoms with van der Waals surface area (Å²) in [4.78, 5) is 11.9. The van der Waals surface area contributed by atoms with Gasteiger partial charge in [-0.15, -0.1) is 0 Å². The van der Waals surface area contributed by atoms with E-state index in [1.54, 1.807) is 7.05 Å².